The topological polar surface area (TPSA) is 52.3 Å². The third kappa shape index (κ3) is 3.02. The highest BCUT2D eigenvalue weighted by atomic mass is 16.6. The number of hydrogen-bond donors (Lipinski definition) is 0. The Morgan fingerprint density at radius 3 is 2.52 bits per heavy atom. The number of hydrogen-bond acceptors (Lipinski definition) is 4. The van der Waals surface area contributed by atoms with Crippen molar-refractivity contribution in [2.75, 3.05) is 0 Å². The highest BCUT2D eigenvalue weighted by Gasteiger charge is 2.24. The highest BCUT2D eigenvalue weighted by molar-refractivity contribution is 5.88. The van der Waals surface area contributed by atoms with Crippen LogP contribution >= 0.6 is 0 Å². The Hall–Kier alpha value is -3.40. The number of pyridine rings is 1. The first-order valence-electron chi connectivity index (χ1n) is 7.96. The van der Waals surface area contributed by atoms with Crippen LogP contribution < -0.4 is 0 Å². The molecule has 0 radical (unpaired) electrons. The summed E-state index contributed by atoms with van der Waals surface area (Å²) in [4.78, 5) is 17.0. The molecule has 0 spiro atoms. The van der Waals surface area contributed by atoms with Crippen LogP contribution in [0.2, 0.25) is 0 Å². The maximum absolute atomic E-state index is 12.5. The van der Waals surface area contributed by atoms with Crippen LogP contribution in [0.5, 0.6) is 0 Å². The Labute approximate surface area is 144 Å². The number of ether oxygens (including phenoxy) is 1. The Balaban J connectivity index is 1.81. The van der Waals surface area contributed by atoms with Crippen LogP contribution in [0.25, 0.3) is 10.8 Å². The van der Waals surface area contributed by atoms with Crippen molar-refractivity contribution in [3.8, 4) is 0 Å². The number of fused-ring (bicyclic) bond motifs is 1. The van der Waals surface area contributed by atoms with E-state index in [-0.39, 0.29) is 5.76 Å². The number of furan rings is 1. The van der Waals surface area contributed by atoms with Crippen molar-refractivity contribution in [2.24, 2.45) is 0 Å². The van der Waals surface area contributed by atoms with Crippen molar-refractivity contribution in [1.29, 1.82) is 0 Å². The molecular weight excluding hydrogens is 314 g/mol. The summed E-state index contributed by atoms with van der Waals surface area (Å²) >= 11 is 0. The molecule has 0 aliphatic rings. The Kier molecular flexibility index (Phi) is 4.01. The van der Waals surface area contributed by atoms with Gasteiger partial charge in [-0.05, 0) is 29.1 Å². The van der Waals surface area contributed by atoms with Gasteiger partial charge >= 0.3 is 5.97 Å². The summed E-state index contributed by atoms with van der Waals surface area (Å²) in [5.74, 6) is -0.352. The predicted octanol–water partition coefficient (Wildman–Crippen LogP) is 4.77. The van der Waals surface area contributed by atoms with Gasteiger partial charge in [-0.2, -0.15) is 0 Å². The maximum Gasteiger partial charge on any atom is 0.375 e. The van der Waals surface area contributed by atoms with Gasteiger partial charge in [0.05, 0.1) is 12.0 Å². The Bertz CT molecular complexity index is 989. The van der Waals surface area contributed by atoms with E-state index in [4.69, 9.17) is 9.15 Å². The second kappa shape index (κ2) is 6.61. The molecular formula is C21H15NO3. The summed E-state index contributed by atoms with van der Waals surface area (Å²) in [6, 6.07) is 22.7. The maximum atomic E-state index is 12.5. The smallest absolute Gasteiger partial charge is 0.375 e. The molecule has 0 saturated carbocycles. The quantitative estimate of drug-likeness (QED) is 0.506. The van der Waals surface area contributed by atoms with Crippen LogP contribution in [0.4, 0.5) is 0 Å². The fraction of sp³-hybridized carbons (Fsp3) is 0.0476. The van der Waals surface area contributed by atoms with E-state index >= 15 is 0 Å². The molecule has 0 saturated heterocycles. The summed E-state index contributed by atoms with van der Waals surface area (Å²) in [5, 5.41) is 1.99. The zero-order chi connectivity index (χ0) is 17.1. The molecule has 0 fully saturated rings. The lowest BCUT2D eigenvalue weighted by atomic mass is 10.0. The molecule has 0 bridgehead atoms. The van der Waals surface area contributed by atoms with E-state index in [1.54, 1.807) is 18.3 Å². The SMILES string of the molecule is O=C(O[C@H](c1ccccc1)c1nccc2ccccc12)c1ccco1. The molecule has 0 aliphatic heterocycles. The number of carbonyl (C=O) groups excluding carboxylic acids is 1. The van der Waals surface area contributed by atoms with Gasteiger partial charge in [0.15, 0.2) is 6.10 Å². The third-order valence-electron chi connectivity index (χ3n) is 4.00. The van der Waals surface area contributed by atoms with Gasteiger partial charge in [0.25, 0.3) is 0 Å². The normalized spacial score (nSPS) is 12.0. The number of rotatable bonds is 4. The van der Waals surface area contributed by atoms with E-state index in [0.29, 0.717) is 5.69 Å². The first-order chi connectivity index (χ1) is 12.3. The molecule has 4 rings (SSSR count). The van der Waals surface area contributed by atoms with E-state index in [2.05, 4.69) is 4.98 Å². The molecule has 0 aliphatic carbocycles. The Morgan fingerprint density at radius 1 is 0.920 bits per heavy atom. The zero-order valence-corrected chi connectivity index (χ0v) is 13.3. The van der Waals surface area contributed by atoms with Gasteiger partial charge < -0.3 is 9.15 Å². The van der Waals surface area contributed by atoms with Gasteiger partial charge in [-0.15, -0.1) is 0 Å². The minimum Gasteiger partial charge on any atom is -0.457 e. The first kappa shape index (κ1) is 15.1. The van der Waals surface area contributed by atoms with Gasteiger partial charge in [-0.1, -0.05) is 54.6 Å². The van der Waals surface area contributed by atoms with E-state index in [1.807, 2.05) is 60.7 Å². The molecule has 1 atom stereocenters. The monoisotopic (exact) mass is 329 g/mol. The van der Waals surface area contributed by atoms with Crippen molar-refractivity contribution in [1.82, 2.24) is 4.98 Å². The van der Waals surface area contributed by atoms with Crippen molar-refractivity contribution >= 4 is 16.7 Å². The summed E-state index contributed by atoms with van der Waals surface area (Å²) < 4.78 is 10.9. The largest absolute Gasteiger partial charge is 0.457 e. The van der Waals surface area contributed by atoms with Crippen molar-refractivity contribution in [2.45, 2.75) is 6.10 Å². The zero-order valence-electron chi connectivity index (χ0n) is 13.3. The van der Waals surface area contributed by atoms with Crippen LogP contribution in [0.1, 0.15) is 27.9 Å². The van der Waals surface area contributed by atoms with Crippen LogP contribution in [0, 0.1) is 0 Å². The highest BCUT2D eigenvalue weighted by Crippen LogP contribution is 2.30. The summed E-state index contributed by atoms with van der Waals surface area (Å²) in [7, 11) is 0. The molecule has 25 heavy (non-hydrogen) atoms. The van der Waals surface area contributed by atoms with Gasteiger partial charge in [-0.3, -0.25) is 4.98 Å². The van der Waals surface area contributed by atoms with E-state index in [1.165, 1.54) is 6.26 Å². The van der Waals surface area contributed by atoms with Crippen molar-refractivity contribution in [3.63, 3.8) is 0 Å². The number of nitrogens with zero attached hydrogens (tertiary/aromatic N) is 1. The molecule has 0 N–H and O–H groups in total. The summed E-state index contributed by atoms with van der Waals surface area (Å²) in [6.07, 6.45) is 2.56. The van der Waals surface area contributed by atoms with E-state index in [9.17, 15) is 4.79 Å². The fourth-order valence-electron chi connectivity index (χ4n) is 2.82. The van der Waals surface area contributed by atoms with Gasteiger partial charge in [0.2, 0.25) is 5.76 Å². The minimum atomic E-state index is -0.620. The number of carbonyl (C=O) groups is 1. The van der Waals surface area contributed by atoms with Crippen LogP contribution in [0.3, 0.4) is 0 Å². The number of aromatic nitrogens is 1. The molecule has 4 nitrogen and oxygen atoms in total. The second-order valence-corrected chi connectivity index (χ2v) is 5.59. The van der Waals surface area contributed by atoms with Crippen LogP contribution in [-0.2, 0) is 4.74 Å². The lowest BCUT2D eigenvalue weighted by Crippen LogP contribution is -2.14. The average Bonchev–Trinajstić information content (AvgIpc) is 3.21. The van der Waals surface area contributed by atoms with Crippen molar-refractivity contribution < 1.29 is 13.9 Å². The molecule has 4 heteroatoms. The molecule has 2 heterocycles. The standard InChI is InChI=1S/C21H15NO3/c23-21(18-11-6-14-24-18)25-20(16-8-2-1-3-9-16)19-17-10-5-4-7-15(17)12-13-22-19/h1-14,20H/t20-/m1/s1. The Morgan fingerprint density at radius 2 is 1.72 bits per heavy atom. The summed E-state index contributed by atoms with van der Waals surface area (Å²) in [5.41, 5.74) is 1.55. The fourth-order valence-corrected chi connectivity index (χ4v) is 2.82. The van der Waals surface area contributed by atoms with Gasteiger partial charge in [0.1, 0.15) is 0 Å². The lowest BCUT2D eigenvalue weighted by molar-refractivity contribution is 0.0337. The van der Waals surface area contributed by atoms with Gasteiger partial charge in [0, 0.05) is 11.6 Å². The number of esters is 1. The van der Waals surface area contributed by atoms with Crippen LogP contribution in [0.15, 0.2) is 89.7 Å². The first-order valence-corrected chi connectivity index (χ1v) is 7.96. The average molecular weight is 329 g/mol. The summed E-state index contributed by atoms with van der Waals surface area (Å²) in [6.45, 7) is 0. The molecule has 2 aromatic carbocycles. The molecule has 4 aromatic rings. The number of benzene rings is 2. The van der Waals surface area contributed by atoms with Gasteiger partial charge in [-0.25, -0.2) is 4.79 Å². The second-order valence-electron chi connectivity index (χ2n) is 5.59. The van der Waals surface area contributed by atoms with Crippen molar-refractivity contribution in [3.05, 3.63) is 102 Å². The molecule has 122 valence electrons. The lowest BCUT2D eigenvalue weighted by Gasteiger charge is -2.19. The molecule has 2 aromatic heterocycles. The molecule has 0 amide bonds. The minimum absolute atomic E-state index is 0.168. The van der Waals surface area contributed by atoms with Crippen LogP contribution in [-0.4, -0.2) is 11.0 Å². The predicted molar refractivity (Wildman–Crippen MR) is 94.2 cm³/mol. The van der Waals surface area contributed by atoms with E-state index < -0.39 is 12.1 Å². The van der Waals surface area contributed by atoms with E-state index in [0.717, 1.165) is 16.3 Å². The third-order valence-corrected chi connectivity index (χ3v) is 4.00. The molecule has 0 unspecified atom stereocenters.